The molecule has 0 saturated heterocycles. The summed E-state index contributed by atoms with van der Waals surface area (Å²) in [5.41, 5.74) is -1.21. The molecule has 0 aromatic rings. The third-order valence-corrected chi connectivity index (χ3v) is 14.1. The number of carbonyl (C=O) groups excluding carboxylic acids is 4. The Hall–Kier alpha value is -2.16. The number of hydrogen-bond donors (Lipinski definition) is 0. The molecule has 0 radical (unpaired) electrons. The molecule has 420 valence electrons. The predicted molar refractivity (Wildman–Crippen MR) is 299 cm³/mol. The van der Waals surface area contributed by atoms with Crippen molar-refractivity contribution in [2.75, 3.05) is 47.1 Å². The second-order valence-electron chi connectivity index (χ2n) is 23.5. The Bertz CT molecular complexity index is 1100. The van der Waals surface area contributed by atoms with Gasteiger partial charge in [-0.25, -0.2) is 0 Å². The third-order valence-electron chi connectivity index (χ3n) is 14.1. The first-order valence-corrected chi connectivity index (χ1v) is 30.5. The van der Waals surface area contributed by atoms with Gasteiger partial charge in [-0.15, -0.1) is 0 Å². The van der Waals surface area contributed by atoms with Gasteiger partial charge in [0.25, 0.3) is 0 Å². The molecule has 0 N–H and O–H groups in total. The summed E-state index contributed by atoms with van der Waals surface area (Å²) in [7, 11) is 3.92. The lowest BCUT2D eigenvalue weighted by molar-refractivity contribution is -0.170. The highest BCUT2D eigenvalue weighted by molar-refractivity contribution is 5.71. The molecule has 9 nitrogen and oxygen atoms in total. The second kappa shape index (κ2) is 50.0. The van der Waals surface area contributed by atoms with Gasteiger partial charge in [0.2, 0.25) is 0 Å². The lowest BCUT2D eigenvalue weighted by Crippen LogP contribution is -2.44. The zero-order chi connectivity index (χ0) is 52.5. The zero-order valence-corrected chi connectivity index (χ0v) is 48.5. The number of carbonyl (C=O) groups is 4. The first kappa shape index (κ1) is 68.8. The van der Waals surface area contributed by atoms with Crippen molar-refractivity contribution in [3.63, 3.8) is 0 Å². The van der Waals surface area contributed by atoms with Crippen LogP contribution in [0.3, 0.4) is 0 Å². The first-order chi connectivity index (χ1) is 34.2. The van der Waals surface area contributed by atoms with E-state index in [0.29, 0.717) is 6.42 Å². The van der Waals surface area contributed by atoms with Crippen LogP contribution >= 0.6 is 0 Å². The van der Waals surface area contributed by atoms with E-state index >= 15 is 0 Å². The maximum Gasteiger partial charge on any atom is 0.305 e. The maximum absolute atomic E-state index is 13.2. The van der Waals surface area contributed by atoms with Gasteiger partial charge < -0.3 is 23.8 Å². The minimum atomic E-state index is -1.21. The van der Waals surface area contributed by atoms with Crippen LogP contribution in [0.15, 0.2) is 0 Å². The standard InChI is InChI=1S/C62H119NO8/c1-55(2)43-36-30-24-18-12-9-15-21-27-33-39-46-58(64)68-51-62(54-71-61(67)49-42-50-63(7)8,52-69-59(65)47-40-34-28-22-16-10-13-19-25-31-37-44-56(3)4)53-70-60(66)48-41-35-29-23-17-11-14-20-26-32-38-45-57(5)6/h55-57H,9-54H2,1-8H3. The highest BCUT2D eigenvalue weighted by Gasteiger charge is 2.38. The van der Waals surface area contributed by atoms with E-state index in [0.717, 1.165) is 82.1 Å². The van der Waals surface area contributed by atoms with Crippen LogP contribution < -0.4 is 0 Å². The minimum absolute atomic E-state index is 0.176. The van der Waals surface area contributed by atoms with E-state index in [4.69, 9.17) is 18.9 Å². The Kier molecular flexibility index (Phi) is 48.5. The van der Waals surface area contributed by atoms with Crippen molar-refractivity contribution in [3.8, 4) is 0 Å². The molecule has 0 spiro atoms. The van der Waals surface area contributed by atoms with E-state index in [9.17, 15) is 19.2 Å². The van der Waals surface area contributed by atoms with E-state index in [1.165, 1.54) is 173 Å². The van der Waals surface area contributed by atoms with Gasteiger partial charge in [0.1, 0.15) is 31.8 Å². The van der Waals surface area contributed by atoms with Crippen LogP contribution in [0.1, 0.15) is 305 Å². The fourth-order valence-electron chi connectivity index (χ4n) is 9.25. The number of unbranched alkanes of at least 4 members (excludes halogenated alkanes) is 30. The molecular weight excluding hydrogens is 887 g/mol. The Balaban J connectivity index is 5.23. The summed E-state index contributed by atoms with van der Waals surface area (Å²) in [4.78, 5) is 54.6. The Morgan fingerprint density at radius 3 is 0.676 bits per heavy atom. The number of hydrogen-bond acceptors (Lipinski definition) is 9. The summed E-state index contributed by atoms with van der Waals surface area (Å²) >= 11 is 0. The first-order valence-electron chi connectivity index (χ1n) is 30.5. The van der Waals surface area contributed by atoms with E-state index in [2.05, 4.69) is 41.5 Å². The van der Waals surface area contributed by atoms with Crippen LogP contribution in [0.5, 0.6) is 0 Å². The van der Waals surface area contributed by atoms with Crippen LogP contribution in [0.25, 0.3) is 0 Å². The van der Waals surface area contributed by atoms with Crippen LogP contribution in [0.4, 0.5) is 0 Å². The van der Waals surface area contributed by atoms with Gasteiger partial charge in [-0.1, -0.05) is 253 Å². The summed E-state index contributed by atoms with van der Waals surface area (Å²) in [5.74, 6) is 1.00. The molecule has 0 rings (SSSR count). The molecule has 0 bridgehead atoms. The fourth-order valence-corrected chi connectivity index (χ4v) is 9.25. The molecule has 0 fully saturated rings. The average Bonchev–Trinajstić information content (AvgIpc) is 3.32. The van der Waals surface area contributed by atoms with Crippen LogP contribution in [-0.4, -0.2) is 75.8 Å². The summed E-state index contributed by atoms with van der Waals surface area (Å²) in [5, 5.41) is 0. The number of nitrogens with zero attached hydrogens (tertiary/aromatic N) is 1. The van der Waals surface area contributed by atoms with Gasteiger partial charge in [-0.3, -0.25) is 19.2 Å². The Morgan fingerprint density at radius 2 is 0.479 bits per heavy atom. The van der Waals surface area contributed by atoms with Gasteiger partial charge in [0, 0.05) is 25.7 Å². The number of rotatable bonds is 54. The molecule has 0 saturated carbocycles. The van der Waals surface area contributed by atoms with Gasteiger partial charge >= 0.3 is 23.9 Å². The SMILES string of the molecule is CC(C)CCCCCCCCCCCCCC(=O)OCC(COC(=O)CCCCCCCCCCCCCC(C)C)(COC(=O)CCCCCCCCCCCCCC(C)C)COC(=O)CCCN(C)C. The minimum Gasteiger partial charge on any atom is -0.465 e. The lowest BCUT2D eigenvalue weighted by Gasteiger charge is -2.31. The molecule has 0 amide bonds. The fraction of sp³-hybridized carbons (Fsp3) is 0.935. The summed E-state index contributed by atoms with van der Waals surface area (Å²) in [6.45, 7) is 13.8. The normalized spacial score (nSPS) is 11.9. The molecule has 0 atom stereocenters. The van der Waals surface area contributed by atoms with Gasteiger partial charge in [0.15, 0.2) is 0 Å². The average molecular weight is 1010 g/mol. The number of ether oxygens (including phenoxy) is 4. The van der Waals surface area contributed by atoms with Crippen molar-refractivity contribution in [2.24, 2.45) is 23.2 Å². The molecule has 0 unspecified atom stereocenters. The Morgan fingerprint density at radius 1 is 0.296 bits per heavy atom. The van der Waals surface area contributed by atoms with Crippen LogP contribution in [-0.2, 0) is 38.1 Å². The molecule has 0 aliphatic heterocycles. The summed E-state index contributed by atoms with van der Waals surface area (Å²) in [6.07, 6.45) is 45.3. The van der Waals surface area contributed by atoms with Crippen molar-refractivity contribution in [3.05, 3.63) is 0 Å². The van der Waals surface area contributed by atoms with Crippen molar-refractivity contribution >= 4 is 23.9 Å². The third kappa shape index (κ3) is 51.1. The molecule has 71 heavy (non-hydrogen) atoms. The van der Waals surface area contributed by atoms with Crippen molar-refractivity contribution in [2.45, 2.75) is 305 Å². The molecule has 0 aliphatic carbocycles. The zero-order valence-electron chi connectivity index (χ0n) is 48.5. The van der Waals surface area contributed by atoms with E-state index in [1.807, 2.05) is 19.0 Å². The monoisotopic (exact) mass is 1010 g/mol. The molecule has 0 aromatic heterocycles. The van der Waals surface area contributed by atoms with E-state index in [-0.39, 0.29) is 76.0 Å². The lowest BCUT2D eigenvalue weighted by atomic mass is 9.92. The van der Waals surface area contributed by atoms with Gasteiger partial charge in [-0.2, -0.15) is 0 Å². The predicted octanol–water partition coefficient (Wildman–Crippen LogP) is 17.7. The Labute approximate surface area is 440 Å². The van der Waals surface area contributed by atoms with Crippen molar-refractivity contribution in [1.29, 1.82) is 0 Å². The van der Waals surface area contributed by atoms with Crippen LogP contribution in [0.2, 0.25) is 0 Å². The summed E-state index contributed by atoms with van der Waals surface area (Å²) in [6, 6.07) is 0. The second-order valence-corrected chi connectivity index (χ2v) is 23.5. The molecule has 0 heterocycles. The van der Waals surface area contributed by atoms with Crippen molar-refractivity contribution in [1.82, 2.24) is 4.90 Å². The largest absolute Gasteiger partial charge is 0.465 e. The van der Waals surface area contributed by atoms with Gasteiger partial charge in [-0.05, 0) is 64.1 Å². The quantitative estimate of drug-likeness (QED) is 0.0334. The van der Waals surface area contributed by atoms with Crippen molar-refractivity contribution < 1.29 is 38.1 Å². The molecular formula is C62H119NO8. The highest BCUT2D eigenvalue weighted by atomic mass is 16.6. The molecule has 0 aromatic carbocycles. The molecule has 9 heteroatoms. The smallest absolute Gasteiger partial charge is 0.305 e. The van der Waals surface area contributed by atoms with E-state index in [1.54, 1.807) is 0 Å². The number of esters is 4. The molecule has 0 aliphatic rings. The van der Waals surface area contributed by atoms with Gasteiger partial charge in [0.05, 0.1) is 0 Å². The summed E-state index contributed by atoms with van der Waals surface area (Å²) < 4.78 is 23.5. The topological polar surface area (TPSA) is 108 Å². The van der Waals surface area contributed by atoms with E-state index < -0.39 is 5.41 Å². The highest BCUT2D eigenvalue weighted by Crippen LogP contribution is 2.24. The maximum atomic E-state index is 13.2. The van der Waals surface area contributed by atoms with Crippen LogP contribution in [0, 0.1) is 23.2 Å².